The molecular weight excluding hydrogens is 476 g/mol. The number of para-hydroxylation sites is 2. The normalized spacial score (nSPS) is 11.4. The highest BCUT2D eigenvalue weighted by atomic mass is 15.1. The van der Waals surface area contributed by atoms with Crippen LogP contribution in [0.25, 0.3) is 62.0 Å². The summed E-state index contributed by atoms with van der Waals surface area (Å²) < 4.78 is 10.0. The highest BCUT2D eigenvalue weighted by molar-refractivity contribution is 5.83. The number of hydrogen-bond donors (Lipinski definition) is 0. The highest BCUT2D eigenvalue weighted by Crippen LogP contribution is 2.31. The van der Waals surface area contributed by atoms with Gasteiger partial charge in [0.2, 0.25) is 0 Å². The van der Waals surface area contributed by atoms with Gasteiger partial charge >= 0.3 is 0 Å². The molecule has 0 atom stereocenters. The summed E-state index contributed by atoms with van der Waals surface area (Å²) in [4.78, 5) is 14.9. The van der Waals surface area contributed by atoms with Crippen LogP contribution in [0.2, 0.25) is 0 Å². The molecule has 39 heavy (non-hydrogen) atoms. The van der Waals surface area contributed by atoms with Gasteiger partial charge in [0.1, 0.15) is 5.82 Å². The van der Waals surface area contributed by atoms with Crippen molar-refractivity contribution in [3.63, 3.8) is 0 Å². The van der Waals surface area contributed by atoms with Crippen molar-refractivity contribution in [2.75, 3.05) is 0 Å². The summed E-state index contributed by atoms with van der Waals surface area (Å²) in [7, 11) is 0. The Morgan fingerprint density at radius 2 is 1.05 bits per heavy atom. The second kappa shape index (κ2) is 9.84. The maximum Gasteiger partial charge on any atom is 0.160 e. The van der Waals surface area contributed by atoms with Crippen LogP contribution in [0.5, 0.6) is 0 Å². The van der Waals surface area contributed by atoms with Crippen LogP contribution in [0.4, 0.5) is 0 Å². The Balaban J connectivity index is 1.35. The highest BCUT2D eigenvalue weighted by Gasteiger charge is 2.15. The summed E-state index contributed by atoms with van der Waals surface area (Å²) >= 11 is 0. The molecule has 5 aromatic carbocycles. The van der Waals surface area contributed by atoms with E-state index in [0.29, 0.717) is 11.9 Å². The fourth-order valence-electron chi connectivity index (χ4n) is 4.87. The van der Waals surface area contributed by atoms with Crippen LogP contribution in [0.15, 0.2) is 146 Å². The largest absolute Gasteiger partial charge is 0.292 e. The molecule has 0 N–H and O–H groups in total. The average Bonchev–Trinajstić information content (AvgIpc) is 3.42. The lowest BCUT2D eigenvalue weighted by Crippen LogP contribution is -1.99. The molecular formula is C35H24N4. The third kappa shape index (κ3) is 4.38. The fourth-order valence-corrected chi connectivity index (χ4v) is 4.87. The van der Waals surface area contributed by atoms with Crippen molar-refractivity contribution >= 4 is 11.0 Å². The van der Waals surface area contributed by atoms with Crippen LogP contribution >= 0.6 is 0 Å². The standard InChI is InChI=1S/C35H24N4/c1-4-12-25(13-5-1)31-24-32(26-14-6-2-7-15-26)37-34(36-31)27-20-22-29(23-21-27)39-33-19-11-10-18-30(33)38-35(39)28-16-8-3-9-17-28/h1-24H/i3D. The number of benzene rings is 5. The van der Waals surface area contributed by atoms with Gasteiger partial charge in [-0.2, -0.15) is 0 Å². The SMILES string of the molecule is [2H]c1ccc(-c2nc3ccccc3n2-c2ccc(-c3nc(-c4ccccc4)cc(-c4ccccc4)n3)cc2)cc1. The average molecular weight is 502 g/mol. The van der Waals surface area contributed by atoms with Crippen molar-refractivity contribution in [2.45, 2.75) is 0 Å². The molecule has 7 aromatic rings. The zero-order valence-electron chi connectivity index (χ0n) is 22.1. The molecule has 2 aromatic heterocycles. The number of fused-ring (bicyclic) bond motifs is 1. The van der Waals surface area contributed by atoms with Crippen LogP contribution in [0.1, 0.15) is 1.37 Å². The summed E-state index contributed by atoms with van der Waals surface area (Å²) in [5.41, 5.74) is 8.69. The van der Waals surface area contributed by atoms with Crippen molar-refractivity contribution in [3.8, 4) is 51.0 Å². The Hall–Kier alpha value is -5.35. The predicted octanol–water partition coefficient (Wildman–Crippen LogP) is 8.48. The van der Waals surface area contributed by atoms with E-state index in [0.717, 1.165) is 56.2 Å². The first kappa shape index (κ1) is 21.7. The van der Waals surface area contributed by atoms with Crippen molar-refractivity contribution < 1.29 is 1.37 Å². The van der Waals surface area contributed by atoms with E-state index >= 15 is 0 Å². The molecule has 184 valence electrons. The Kier molecular flexibility index (Phi) is 5.48. The fraction of sp³-hybridized carbons (Fsp3) is 0. The topological polar surface area (TPSA) is 43.6 Å². The van der Waals surface area contributed by atoms with Gasteiger partial charge in [0.25, 0.3) is 0 Å². The molecule has 0 unspecified atom stereocenters. The van der Waals surface area contributed by atoms with E-state index in [1.807, 2.05) is 66.7 Å². The number of imidazole rings is 1. The minimum absolute atomic E-state index is 0.475. The van der Waals surface area contributed by atoms with E-state index in [4.69, 9.17) is 16.3 Å². The summed E-state index contributed by atoms with van der Waals surface area (Å²) in [5.74, 6) is 1.51. The lowest BCUT2D eigenvalue weighted by molar-refractivity contribution is 1.10. The van der Waals surface area contributed by atoms with Gasteiger partial charge in [-0.25, -0.2) is 15.0 Å². The lowest BCUT2D eigenvalue weighted by atomic mass is 10.1. The van der Waals surface area contributed by atoms with E-state index in [-0.39, 0.29) is 0 Å². The quantitative estimate of drug-likeness (QED) is 0.237. The molecule has 4 heteroatoms. The van der Waals surface area contributed by atoms with Crippen molar-refractivity contribution in [1.82, 2.24) is 19.5 Å². The van der Waals surface area contributed by atoms with Gasteiger partial charge in [-0.05, 0) is 42.5 Å². The molecule has 0 spiro atoms. The Labute approximate surface area is 228 Å². The number of hydrogen-bond acceptors (Lipinski definition) is 3. The third-order valence-electron chi connectivity index (χ3n) is 6.79. The molecule has 0 fully saturated rings. The number of nitrogens with zero attached hydrogens (tertiary/aromatic N) is 4. The molecule has 2 heterocycles. The van der Waals surface area contributed by atoms with Crippen molar-refractivity contribution in [1.29, 1.82) is 0 Å². The van der Waals surface area contributed by atoms with Gasteiger partial charge < -0.3 is 0 Å². The van der Waals surface area contributed by atoms with E-state index in [1.165, 1.54) is 0 Å². The first-order valence-electron chi connectivity index (χ1n) is 13.4. The van der Waals surface area contributed by atoms with E-state index in [9.17, 15) is 0 Å². The Morgan fingerprint density at radius 3 is 1.69 bits per heavy atom. The molecule has 0 aliphatic carbocycles. The van der Waals surface area contributed by atoms with Gasteiger partial charge in [0.15, 0.2) is 5.82 Å². The second-order valence-corrected chi connectivity index (χ2v) is 9.29. The van der Waals surface area contributed by atoms with Gasteiger partial charge in [0.05, 0.1) is 23.8 Å². The monoisotopic (exact) mass is 501 g/mol. The molecule has 0 aliphatic heterocycles. The van der Waals surface area contributed by atoms with Crippen LogP contribution in [-0.4, -0.2) is 19.5 Å². The molecule has 0 bridgehead atoms. The van der Waals surface area contributed by atoms with Crippen LogP contribution < -0.4 is 0 Å². The van der Waals surface area contributed by atoms with Crippen LogP contribution in [0, 0.1) is 0 Å². The zero-order valence-corrected chi connectivity index (χ0v) is 21.1. The Bertz CT molecular complexity index is 1870. The lowest BCUT2D eigenvalue weighted by Gasteiger charge is -2.12. The summed E-state index contributed by atoms with van der Waals surface area (Å²) in [6.45, 7) is 0. The molecule has 0 amide bonds. The third-order valence-corrected chi connectivity index (χ3v) is 6.79. The summed E-state index contributed by atoms with van der Waals surface area (Å²) in [5, 5.41) is 0. The molecule has 4 nitrogen and oxygen atoms in total. The maximum atomic E-state index is 7.89. The van der Waals surface area contributed by atoms with Gasteiger partial charge in [-0.3, -0.25) is 4.57 Å². The summed E-state index contributed by atoms with van der Waals surface area (Å²) in [6.07, 6.45) is 0. The minimum atomic E-state index is 0.475. The van der Waals surface area contributed by atoms with E-state index < -0.39 is 0 Å². The molecule has 0 saturated carbocycles. The van der Waals surface area contributed by atoms with E-state index in [1.54, 1.807) is 12.1 Å². The number of aromatic nitrogens is 4. The van der Waals surface area contributed by atoms with Gasteiger partial charge in [-0.15, -0.1) is 0 Å². The van der Waals surface area contributed by atoms with Crippen LogP contribution in [0.3, 0.4) is 0 Å². The second-order valence-electron chi connectivity index (χ2n) is 9.29. The minimum Gasteiger partial charge on any atom is -0.292 e. The number of rotatable bonds is 5. The maximum absolute atomic E-state index is 7.89. The predicted molar refractivity (Wildman–Crippen MR) is 158 cm³/mol. The van der Waals surface area contributed by atoms with Gasteiger partial charge in [0, 0.05) is 27.9 Å². The molecule has 0 radical (unpaired) electrons. The first-order chi connectivity index (χ1) is 19.7. The first-order valence-corrected chi connectivity index (χ1v) is 12.9. The molecule has 0 saturated heterocycles. The molecule has 0 aliphatic rings. The summed E-state index contributed by atoms with van der Waals surface area (Å²) in [6, 6.07) is 46.9. The Morgan fingerprint density at radius 1 is 0.487 bits per heavy atom. The molecule has 7 rings (SSSR count). The van der Waals surface area contributed by atoms with Crippen LogP contribution in [-0.2, 0) is 0 Å². The smallest absolute Gasteiger partial charge is 0.160 e. The van der Waals surface area contributed by atoms with Gasteiger partial charge in [-0.1, -0.05) is 103 Å². The van der Waals surface area contributed by atoms with E-state index in [2.05, 4.69) is 65.2 Å². The van der Waals surface area contributed by atoms with Crippen molar-refractivity contribution in [3.05, 3.63) is 146 Å². The zero-order chi connectivity index (χ0) is 26.9. The van der Waals surface area contributed by atoms with Crippen molar-refractivity contribution in [2.24, 2.45) is 0 Å².